The van der Waals surface area contributed by atoms with Gasteiger partial charge in [0.2, 0.25) is 0 Å². The van der Waals surface area contributed by atoms with Crippen LogP contribution in [0.1, 0.15) is 16.5 Å². The highest BCUT2D eigenvalue weighted by Gasteiger charge is 2.24. The zero-order chi connectivity index (χ0) is 13.1. The lowest BCUT2D eigenvalue weighted by molar-refractivity contribution is 0.155. The van der Waals surface area contributed by atoms with Crippen molar-refractivity contribution >= 4 is 35.3 Å². The molecular formula is C15H18Cl2N2S. The predicted molar refractivity (Wildman–Crippen MR) is 89.0 cm³/mol. The first kappa shape index (κ1) is 15.8. The van der Waals surface area contributed by atoms with E-state index in [1.54, 1.807) is 0 Å². The van der Waals surface area contributed by atoms with Crippen molar-refractivity contribution in [2.24, 2.45) is 0 Å². The van der Waals surface area contributed by atoms with Crippen LogP contribution in [0.5, 0.6) is 0 Å². The van der Waals surface area contributed by atoms with Crippen LogP contribution in [0.15, 0.2) is 41.8 Å². The third-order valence-electron chi connectivity index (χ3n) is 3.53. The zero-order valence-electron chi connectivity index (χ0n) is 11.1. The molecule has 1 aromatic carbocycles. The van der Waals surface area contributed by atoms with Crippen molar-refractivity contribution in [1.29, 1.82) is 0 Å². The minimum absolute atomic E-state index is 0. The van der Waals surface area contributed by atoms with Crippen LogP contribution in [0.3, 0.4) is 0 Å². The van der Waals surface area contributed by atoms with Gasteiger partial charge in [-0.05, 0) is 29.1 Å². The number of hydrogen-bond donors (Lipinski definition) is 1. The average molecular weight is 329 g/mol. The molecule has 0 aliphatic carbocycles. The number of thiophene rings is 1. The minimum Gasteiger partial charge on any atom is -0.314 e. The molecule has 1 aliphatic heterocycles. The van der Waals surface area contributed by atoms with E-state index in [2.05, 4.69) is 39.9 Å². The Morgan fingerprint density at radius 1 is 1.30 bits per heavy atom. The molecule has 2 nitrogen and oxygen atoms in total. The van der Waals surface area contributed by atoms with Crippen LogP contribution in [0.2, 0.25) is 5.02 Å². The van der Waals surface area contributed by atoms with E-state index < -0.39 is 0 Å². The van der Waals surface area contributed by atoms with E-state index in [9.17, 15) is 0 Å². The van der Waals surface area contributed by atoms with E-state index >= 15 is 0 Å². The lowest BCUT2D eigenvalue weighted by Gasteiger charge is -2.36. The molecule has 1 N–H and O–H groups in total. The van der Waals surface area contributed by atoms with Crippen molar-refractivity contribution in [3.8, 4) is 0 Å². The number of nitrogens with one attached hydrogen (secondary N) is 1. The fourth-order valence-electron chi connectivity index (χ4n) is 2.58. The lowest BCUT2D eigenvalue weighted by Crippen LogP contribution is -2.45. The van der Waals surface area contributed by atoms with Crippen molar-refractivity contribution in [3.63, 3.8) is 0 Å². The van der Waals surface area contributed by atoms with Gasteiger partial charge in [-0.15, -0.1) is 23.7 Å². The monoisotopic (exact) mass is 328 g/mol. The Kier molecular flexibility index (Phi) is 5.87. The first-order chi connectivity index (χ1) is 9.33. The molecule has 0 saturated carbocycles. The predicted octanol–water partition coefficient (Wildman–Crippen LogP) is 3.97. The SMILES string of the molecule is Cl.Clc1cccc(C2CNCCN2Cc2cccs2)c1. The van der Waals surface area contributed by atoms with Gasteiger partial charge >= 0.3 is 0 Å². The van der Waals surface area contributed by atoms with Crippen molar-refractivity contribution in [3.05, 3.63) is 57.2 Å². The van der Waals surface area contributed by atoms with Gasteiger partial charge < -0.3 is 5.32 Å². The molecule has 1 aliphatic rings. The molecule has 2 heterocycles. The largest absolute Gasteiger partial charge is 0.314 e. The van der Waals surface area contributed by atoms with Crippen LogP contribution in [-0.2, 0) is 6.54 Å². The maximum absolute atomic E-state index is 6.12. The zero-order valence-corrected chi connectivity index (χ0v) is 13.5. The summed E-state index contributed by atoms with van der Waals surface area (Å²) in [5.74, 6) is 0. The van der Waals surface area contributed by atoms with E-state index in [1.165, 1.54) is 10.4 Å². The van der Waals surface area contributed by atoms with Gasteiger partial charge in [-0.25, -0.2) is 0 Å². The number of hydrogen-bond acceptors (Lipinski definition) is 3. The smallest absolute Gasteiger partial charge is 0.0477 e. The second-order valence-corrected chi connectivity index (χ2v) is 6.29. The standard InChI is InChI=1S/C15H17ClN2S.ClH/c16-13-4-1-3-12(9-13)15-10-17-6-7-18(15)11-14-5-2-8-19-14;/h1-5,8-9,15,17H,6-7,10-11H2;1H. The number of rotatable bonds is 3. The summed E-state index contributed by atoms with van der Waals surface area (Å²) in [6.45, 7) is 4.15. The molecule has 5 heteroatoms. The highest BCUT2D eigenvalue weighted by atomic mass is 35.5. The third kappa shape index (κ3) is 3.74. The summed E-state index contributed by atoms with van der Waals surface area (Å²) in [6, 6.07) is 13.0. The molecule has 0 spiro atoms. The Morgan fingerprint density at radius 3 is 2.95 bits per heavy atom. The number of halogens is 2. The fourth-order valence-corrected chi connectivity index (χ4v) is 3.51. The van der Waals surface area contributed by atoms with Gasteiger partial charge in [0, 0.05) is 42.1 Å². The second kappa shape index (κ2) is 7.43. The van der Waals surface area contributed by atoms with Crippen molar-refractivity contribution < 1.29 is 0 Å². The lowest BCUT2D eigenvalue weighted by atomic mass is 10.0. The maximum Gasteiger partial charge on any atom is 0.0477 e. The Morgan fingerprint density at radius 2 is 2.20 bits per heavy atom. The van der Waals surface area contributed by atoms with Crippen molar-refractivity contribution in [1.82, 2.24) is 10.2 Å². The van der Waals surface area contributed by atoms with Crippen LogP contribution < -0.4 is 5.32 Å². The van der Waals surface area contributed by atoms with Gasteiger partial charge in [0.15, 0.2) is 0 Å². The quantitative estimate of drug-likeness (QED) is 0.917. The first-order valence-electron chi connectivity index (χ1n) is 6.55. The van der Waals surface area contributed by atoms with E-state index in [4.69, 9.17) is 11.6 Å². The van der Waals surface area contributed by atoms with Crippen LogP contribution in [-0.4, -0.2) is 24.5 Å². The van der Waals surface area contributed by atoms with Crippen LogP contribution >= 0.6 is 35.3 Å². The molecule has 20 heavy (non-hydrogen) atoms. The fraction of sp³-hybridized carbons (Fsp3) is 0.333. The summed E-state index contributed by atoms with van der Waals surface area (Å²) in [5.41, 5.74) is 1.30. The molecule has 0 amide bonds. The van der Waals surface area contributed by atoms with E-state index in [1.807, 2.05) is 23.5 Å². The summed E-state index contributed by atoms with van der Waals surface area (Å²) >= 11 is 7.95. The van der Waals surface area contributed by atoms with Gasteiger partial charge in [0.1, 0.15) is 0 Å². The first-order valence-corrected chi connectivity index (χ1v) is 7.81. The minimum atomic E-state index is 0. The van der Waals surface area contributed by atoms with E-state index in [0.29, 0.717) is 6.04 Å². The molecule has 1 unspecified atom stereocenters. The van der Waals surface area contributed by atoms with E-state index in [0.717, 1.165) is 31.2 Å². The van der Waals surface area contributed by atoms with Gasteiger partial charge in [0.25, 0.3) is 0 Å². The summed E-state index contributed by atoms with van der Waals surface area (Å²) in [4.78, 5) is 3.96. The van der Waals surface area contributed by atoms with Gasteiger partial charge in [-0.1, -0.05) is 29.8 Å². The number of benzene rings is 1. The van der Waals surface area contributed by atoms with Gasteiger partial charge in [0.05, 0.1) is 0 Å². The summed E-state index contributed by atoms with van der Waals surface area (Å²) in [7, 11) is 0. The molecule has 1 aromatic heterocycles. The molecular weight excluding hydrogens is 311 g/mol. The van der Waals surface area contributed by atoms with Crippen LogP contribution in [0, 0.1) is 0 Å². The summed E-state index contributed by atoms with van der Waals surface area (Å²) in [5, 5.41) is 6.44. The molecule has 108 valence electrons. The Balaban J connectivity index is 0.00000147. The van der Waals surface area contributed by atoms with Crippen LogP contribution in [0.25, 0.3) is 0 Å². The summed E-state index contributed by atoms with van der Waals surface area (Å²) in [6.07, 6.45) is 0. The Hall–Kier alpha value is -0.580. The Bertz CT molecular complexity index is 530. The Labute approximate surface area is 135 Å². The molecule has 3 rings (SSSR count). The highest BCUT2D eigenvalue weighted by molar-refractivity contribution is 7.09. The molecule has 0 bridgehead atoms. The molecule has 1 saturated heterocycles. The van der Waals surface area contributed by atoms with Gasteiger partial charge in [-0.3, -0.25) is 4.90 Å². The van der Waals surface area contributed by atoms with Gasteiger partial charge in [-0.2, -0.15) is 0 Å². The number of piperazine rings is 1. The highest BCUT2D eigenvalue weighted by Crippen LogP contribution is 2.27. The second-order valence-electron chi connectivity index (χ2n) is 4.82. The van der Waals surface area contributed by atoms with Crippen molar-refractivity contribution in [2.75, 3.05) is 19.6 Å². The van der Waals surface area contributed by atoms with E-state index in [-0.39, 0.29) is 12.4 Å². The van der Waals surface area contributed by atoms with Crippen LogP contribution in [0.4, 0.5) is 0 Å². The topological polar surface area (TPSA) is 15.3 Å². The summed E-state index contributed by atoms with van der Waals surface area (Å²) < 4.78 is 0. The van der Waals surface area contributed by atoms with Crippen molar-refractivity contribution in [2.45, 2.75) is 12.6 Å². The molecule has 0 radical (unpaired) electrons. The number of nitrogens with zero attached hydrogens (tertiary/aromatic N) is 1. The normalized spacial score (nSPS) is 19.6. The third-order valence-corrected chi connectivity index (χ3v) is 4.62. The average Bonchev–Trinajstić information content (AvgIpc) is 2.92. The molecule has 2 aromatic rings. The maximum atomic E-state index is 6.12. The molecule has 1 atom stereocenters. The molecule has 1 fully saturated rings.